The van der Waals surface area contributed by atoms with Crippen molar-refractivity contribution >= 4 is 0 Å². The van der Waals surface area contributed by atoms with Gasteiger partial charge in [-0.15, -0.1) is 0 Å². The first-order valence-electron chi connectivity index (χ1n) is 6.09. The van der Waals surface area contributed by atoms with Crippen molar-refractivity contribution in [3.8, 4) is 0 Å². The normalized spacial score (nSPS) is 15.6. The minimum absolute atomic E-state index is 0.0584. The van der Waals surface area contributed by atoms with Crippen molar-refractivity contribution in [3.63, 3.8) is 0 Å². The molecule has 0 bridgehead atoms. The van der Waals surface area contributed by atoms with E-state index in [1.165, 1.54) is 0 Å². The lowest BCUT2D eigenvalue weighted by molar-refractivity contribution is 0.0372. The summed E-state index contributed by atoms with van der Waals surface area (Å²) in [5, 5.41) is 13.4. The van der Waals surface area contributed by atoms with E-state index in [4.69, 9.17) is 5.73 Å². The number of hydrogen-bond acceptors (Lipinski definition) is 3. The van der Waals surface area contributed by atoms with Crippen LogP contribution in [0.2, 0.25) is 0 Å². The fourth-order valence-electron chi connectivity index (χ4n) is 1.69. The molecule has 1 aromatic carbocycles. The minimum Gasteiger partial charge on any atom is -0.376 e. The van der Waals surface area contributed by atoms with Gasteiger partial charge in [-0.2, -0.15) is 0 Å². The molecule has 0 aliphatic heterocycles. The van der Waals surface area contributed by atoms with Crippen LogP contribution >= 0.6 is 0 Å². The summed E-state index contributed by atoms with van der Waals surface area (Å²) in [6.07, 6.45) is 1.03. The van der Waals surface area contributed by atoms with Gasteiger partial charge in [-0.25, -0.2) is 0 Å². The van der Waals surface area contributed by atoms with Gasteiger partial charge in [0.1, 0.15) is 5.72 Å². The molecule has 0 aliphatic carbocycles. The number of aliphatic hydroxyl groups is 1. The molecule has 3 heteroatoms. The summed E-state index contributed by atoms with van der Waals surface area (Å²) in [6, 6.07) is 9.84. The number of nitrogens with two attached hydrogens (primary N) is 1. The van der Waals surface area contributed by atoms with E-state index >= 15 is 0 Å². The Bertz CT molecular complexity index is 328. The van der Waals surface area contributed by atoms with Crippen LogP contribution in [0.25, 0.3) is 0 Å². The highest BCUT2D eigenvalue weighted by Gasteiger charge is 2.22. The molecule has 0 radical (unpaired) electrons. The number of hydrogen-bond donors (Lipinski definition) is 3. The van der Waals surface area contributed by atoms with Gasteiger partial charge in [0.25, 0.3) is 0 Å². The molecule has 0 spiro atoms. The summed E-state index contributed by atoms with van der Waals surface area (Å²) in [7, 11) is 0. The maximum atomic E-state index is 10.1. The standard InChI is InChI=1S/C14H24N2O/c1-13(2,3)16-10-9-14(15,17)11-12-7-5-4-6-8-12/h4-8,16-17H,9-11,15H2,1-3H3/t14-/m1/s1. The molecule has 0 saturated carbocycles. The summed E-state index contributed by atoms with van der Waals surface area (Å²) in [5.41, 5.74) is 5.88. The van der Waals surface area contributed by atoms with Crippen LogP contribution in [0.1, 0.15) is 32.8 Å². The van der Waals surface area contributed by atoms with Crippen molar-refractivity contribution in [2.24, 2.45) is 5.73 Å². The number of nitrogens with one attached hydrogen (secondary N) is 1. The van der Waals surface area contributed by atoms with Crippen molar-refractivity contribution in [2.45, 2.75) is 44.9 Å². The van der Waals surface area contributed by atoms with Crippen LogP contribution in [-0.2, 0) is 6.42 Å². The zero-order valence-corrected chi connectivity index (χ0v) is 11.0. The number of rotatable bonds is 5. The third-order valence-corrected chi connectivity index (χ3v) is 2.57. The Labute approximate surface area is 104 Å². The highest BCUT2D eigenvalue weighted by molar-refractivity contribution is 5.16. The van der Waals surface area contributed by atoms with E-state index in [1.54, 1.807) is 0 Å². The first-order chi connectivity index (χ1) is 7.79. The summed E-state index contributed by atoms with van der Waals surface area (Å²) >= 11 is 0. The van der Waals surface area contributed by atoms with Crippen LogP contribution in [0.5, 0.6) is 0 Å². The van der Waals surface area contributed by atoms with E-state index in [2.05, 4.69) is 26.1 Å². The summed E-state index contributed by atoms with van der Waals surface area (Å²) in [4.78, 5) is 0. The predicted octanol–water partition coefficient (Wildman–Crippen LogP) is 1.65. The SMILES string of the molecule is CC(C)(C)NCC[C@@](N)(O)Cc1ccccc1. The lowest BCUT2D eigenvalue weighted by Crippen LogP contribution is -2.46. The zero-order chi connectivity index (χ0) is 12.9. The second-order valence-electron chi connectivity index (χ2n) is 5.69. The third-order valence-electron chi connectivity index (χ3n) is 2.57. The maximum Gasteiger partial charge on any atom is 0.118 e. The van der Waals surface area contributed by atoms with Gasteiger partial charge < -0.3 is 16.2 Å². The average Bonchev–Trinajstić information content (AvgIpc) is 2.15. The number of benzene rings is 1. The van der Waals surface area contributed by atoms with E-state index in [0.29, 0.717) is 19.4 Å². The molecular formula is C14H24N2O. The van der Waals surface area contributed by atoms with Gasteiger partial charge in [-0.1, -0.05) is 30.3 Å². The average molecular weight is 236 g/mol. The molecule has 0 unspecified atom stereocenters. The van der Waals surface area contributed by atoms with Crippen molar-refractivity contribution in [3.05, 3.63) is 35.9 Å². The maximum absolute atomic E-state index is 10.1. The smallest absolute Gasteiger partial charge is 0.118 e. The molecule has 1 aromatic rings. The molecule has 96 valence electrons. The molecule has 0 aliphatic rings. The highest BCUT2D eigenvalue weighted by Crippen LogP contribution is 2.12. The topological polar surface area (TPSA) is 58.3 Å². The molecule has 0 saturated heterocycles. The molecule has 0 aromatic heterocycles. The second-order valence-corrected chi connectivity index (χ2v) is 5.69. The molecule has 0 fully saturated rings. The Hall–Kier alpha value is -0.900. The quantitative estimate of drug-likeness (QED) is 0.681. The third kappa shape index (κ3) is 6.41. The van der Waals surface area contributed by atoms with E-state index < -0.39 is 5.72 Å². The molecule has 1 atom stereocenters. The fourth-order valence-corrected chi connectivity index (χ4v) is 1.69. The van der Waals surface area contributed by atoms with Crippen molar-refractivity contribution in [1.82, 2.24) is 5.32 Å². The van der Waals surface area contributed by atoms with Crippen molar-refractivity contribution in [2.75, 3.05) is 6.54 Å². The van der Waals surface area contributed by atoms with E-state index in [-0.39, 0.29) is 5.54 Å². The van der Waals surface area contributed by atoms with Crippen LogP contribution < -0.4 is 11.1 Å². The second kappa shape index (κ2) is 5.63. The van der Waals surface area contributed by atoms with Crippen LogP contribution in [0, 0.1) is 0 Å². The zero-order valence-electron chi connectivity index (χ0n) is 11.0. The monoisotopic (exact) mass is 236 g/mol. The highest BCUT2D eigenvalue weighted by atomic mass is 16.3. The largest absolute Gasteiger partial charge is 0.376 e. The van der Waals surface area contributed by atoms with Gasteiger partial charge in [0.05, 0.1) is 0 Å². The van der Waals surface area contributed by atoms with E-state index in [0.717, 1.165) is 5.56 Å². The minimum atomic E-state index is -1.14. The van der Waals surface area contributed by atoms with Gasteiger partial charge in [0, 0.05) is 18.4 Å². The van der Waals surface area contributed by atoms with E-state index in [1.807, 2.05) is 30.3 Å². The Balaban J connectivity index is 2.41. The lowest BCUT2D eigenvalue weighted by Gasteiger charge is -2.27. The van der Waals surface area contributed by atoms with Gasteiger partial charge in [0.15, 0.2) is 0 Å². The Morgan fingerprint density at radius 3 is 2.29 bits per heavy atom. The molecule has 4 N–H and O–H groups in total. The van der Waals surface area contributed by atoms with Gasteiger partial charge >= 0.3 is 0 Å². The molecule has 17 heavy (non-hydrogen) atoms. The summed E-state index contributed by atoms with van der Waals surface area (Å²) < 4.78 is 0. The van der Waals surface area contributed by atoms with Crippen LogP contribution in [0.3, 0.4) is 0 Å². The summed E-state index contributed by atoms with van der Waals surface area (Å²) in [6.45, 7) is 7.00. The van der Waals surface area contributed by atoms with Crippen LogP contribution in [0.4, 0.5) is 0 Å². The van der Waals surface area contributed by atoms with E-state index in [9.17, 15) is 5.11 Å². The van der Waals surface area contributed by atoms with Gasteiger partial charge in [0.2, 0.25) is 0 Å². The Morgan fingerprint density at radius 1 is 1.18 bits per heavy atom. The fraction of sp³-hybridized carbons (Fsp3) is 0.571. The first kappa shape index (κ1) is 14.2. The van der Waals surface area contributed by atoms with Crippen LogP contribution in [0.15, 0.2) is 30.3 Å². The molecule has 3 nitrogen and oxygen atoms in total. The molecule has 0 heterocycles. The predicted molar refractivity (Wildman–Crippen MR) is 71.7 cm³/mol. The van der Waals surface area contributed by atoms with Crippen molar-refractivity contribution in [1.29, 1.82) is 0 Å². The van der Waals surface area contributed by atoms with Gasteiger partial charge in [-0.3, -0.25) is 0 Å². The summed E-state index contributed by atoms with van der Waals surface area (Å²) in [5.74, 6) is 0. The first-order valence-corrected chi connectivity index (χ1v) is 6.09. The Kier molecular flexibility index (Phi) is 4.69. The van der Waals surface area contributed by atoms with Crippen molar-refractivity contribution < 1.29 is 5.11 Å². The molecular weight excluding hydrogens is 212 g/mol. The molecule has 1 rings (SSSR count). The molecule has 0 amide bonds. The van der Waals surface area contributed by atoms with Gasteiger partial charge in [-0.05, 0) is 32.9 Å². The Morgan fingerprint density at radius 2 is 1.76 bits per heavy atom. The lowest BCUT2D eigenvalue weighted by atomic mass is 9.99. The van der Waals surface area contributed by atoms with Crippen LogP contribution in [-0.4, -0.2) is 22.9 Å².